The third kappa shape index (κ3) is 6.19. The molecule has 2 aliphatic rings. The Morgan fingerprint density at radius 1 is 0.950 bits per heavy atom. The van der Waals surface area contributed by atoms with E-state index in [4.69, 9.17) is 19.1 Å². The second-order valence-corrected chi connectivity index (χ2v) is 9.79. The lowest BCUT2D eigenvalue weighted by molar-refractivity contribution is -0.191. The van der Waals surface area contributed by atoms with Crippen LogP contribution in [0, 0.1) is 24.4 Å². The van der Waals surface area contributed by atoms with Crippen molar-refractivity contribution in [1.29, 1.82) is 0 Å². The van der Waals surface area contributed by atoms with Crippen LogP contribution in [0.3, 0.4) is 0 Å². The number of nitrogens with zero attached hydrogens (tertiary/aromatic N) is 2. The monoisotopic (exact) mass is 554 g/mol. The lowest BCUT2D eigenvalue weighted by Crippen LogP contribution is -2.46. The van der Waals surface area contributed by atoms with E-state index >= 15 is 0 Å². The van der Waals surface area contributed by atoms with E-state index in [2.05, 4.69) is 4.90 Å². The molecule has 0 radical (unpaired) electrons. The molecular weight excluding hydrogens is 525 g/mol. The Morgan fingerprint density at radius 2 is 1.60 bits per heavy atom. The van der Waals surface area contributed by atoms with Crippen LogP contribution in [-0.4, -0.2) is 49.0 Å². The summed E-state index contributed by atoms with van der Waals surface area (Å²) in [5, 5.41) is 0. The molecule has 2 fully saturated rings. The maximum Gasteiger partial charge on any atom is 0.415 e. The summed E-state index contributed by atoms with van der Waals surface area (Å²) in [6, 6.07) is 14.6. The van der Waals surface area contributed by atoms with E-state index < -0.39 is 23.1 Å². The number of para-hydroxylation sites is 1. The Balaban J connectivity index is 0.00000118. The van der Waals surface area contributed by atoms with Crippen molar-refractivity contribution in [3.63, 3.8) is 0 Å². The van der Waals surface area contributed by atoms with Crippen LogP contribution in [0.4, 0.5) is 23.7 Å². The van der Waals surface area contributed by atoms with Gasteiger partial charge in [0.05, 0.1) is 13.2 Å². The molecule has 1 amide bonds. The summed E-state index contributed by atoms with van der Waals surface area (Å²) in [6.07, 6.45) is 1.22. The van der Waals surface area contributed by atoms with E-state index in [-0.39, 0.29) is 17.8 Å². The standard InChI is InChI=1S/C29H29F3N2O3.CO2/c1-3-36-27-14-20(22(13-19(27)2)23-15-25(31)26(32)16-24(23)30)17-33-11-9-29(10-12-33)18-34(28(35)37-29)21-7-5-4-6-8-21;2-1-3/h4-8,13-16H,3,9-12,17-18H2,1-2H3;. The van der Waals surface area contributed by atoms with E-state index in [1.165, 1.54) is 0 Å². The minimum absolute atomic E-state index is 0.0109. The quantitative estimate of drug-likeness (QED) is 0.354. The molecule has 0 unspecified atom stereocenters. The molecule has 0 aliphatic carbocycles. The van der Waals surface area contributed by atoms with Crippen molar-refractivity contribution in [1.82, 2.24) is 4.90 Å². The number of amides is 1. The van der Waals surface area contributed by atoms with Gasteiger partial charge in [-0.1, -0.05) is 18.2 Å². The first-order chi connectivity index (χ1) is 19.2. The van der Waals surface area contributed by atoms with Crippen LogP contribution in [-0.2, 0) is 20.9 Å². The van der Waals surface area contributed by atoms with Gasteiger partial charge in [-0.2, -0.15) is 9.59 Å². The number of halogens is 3. The summed E-state index contributed by atoms with van der Waals surface area (Å²) in [5.74, 6) is -2.47. The average Bonchev–Trinajstić information content (AvgIpc) is 3.26. The summed E-state index contributed by atoms with van der Waals surface area (Å²) in [7, 11) is 0. The lowest BCUT2D eigenvalue weighted by atomic mass is 9.90. The van der Waals surface area contributed by atoms with Gasteiger partial charge in [-0.15, -0.1) is 0 Å². The number of carbonyl (C=O) groups excluding carboxylic acids is 3. The topological polar surface area (TPSA) is 76.2 Å². The highest BCUT2D eigenvalue weighted by molar-refractivity contribution is 5.90. The molecule has 2 aliphatic heterocycles. The Hall–Kier alpha value is -4.14. The van der Waals surface area contributed by atoms with Crippen molar-refractivity contribution in [2.75, 3.05) is 31.1 Å². The molecule has 1 spiro atoms. The number of ether oxygens (including phenoxy) is 2. The van der Waals surface area contributed by atoms with E-state index in [1.54, 1.807) is 11.0 Å². The van der Waals surface area contributed by atoms with Gasteiger partial charge in [-0.3, -0.25) is 9.80 Å². The van der Waals surface area contributed by atoms with Gasteiger partial charge in [-0.25, -0.2) is 18.0 Å². The molecular formula is C30H29F3N2O5. The maximum atomic E-state index is 14.8. The number of anilines is 1. The zero-order valence-corrected chi connectivity index (χ0v) is 22.2. The molecule has 0 saturated carbocycles. The highest BCUT2D eigenvalue weighted by Crippen LogP contribution is 2.38. The minimum atomic E-state index is -1.22. The van der Waals surface area contributed by atoms with E-state index in [9.17, 15) is 18.0 Å². The van der Waals surface area contributed by atoms with Gasteiger partial charge < -0.3 is 9.47 Å². The zero-order chi connectivity index (χ0) is 28.9. The summed E-state index contributed by atoms with van der Waals surface area (Å²) < 4.78 is 54.1. The molecule has 2 saturated heterocycles. The molecule has 210 valence electrons. The molecule has 2 heterocycles. The number of piperidine rings is 1. The molecule has 0 bridgehead atoms. The molecule has 7 nitrogen and oxygen atoms in total. The summed E-state index contributed by atoms with van der Waals surface area (Å²) in [4.78, 5) is 32.7. The van der Waals surface area contributed by atoms with Crippen LogP contribution >= 0.6 is 0 Å². The smallest absolute Gasteiger partial charge is 0.415 e. The fourth-order valence-electron chi connectivity index (χ4n) is 5.20. The number of aryl methyl sites for hydroxylation is 1. The third-order valence-corrected chi connectivity index (χ3v) is 7.20. The summed E-state index contributed by atoms with van der Waals surface area (Å²) >= 11 is 0. The highest BCUT2D eigenvalue weighted by Gasteiger charge is 2.47. The van der Waals surface area contributed by atoms with E-state index in [0.717, 1.165) is 22.9 Å². The summed E-state index contributed by atoms with van der Waals surface area (Å²) in [5.41, 5.74) is 2.30. The second-order valence-electron chi connectivity index (χ2n) is 9.79. The fourth-order valence-corrected chi connectivity index (χ4v) is 5.20. The highest BCUT2D eigenvalue weighted by atomic mass is 19.2. The van der Waals surface area contributed by atoms with Gasteiger partial charge in [-0.05, 0) is 60.9 Å². The van der Waals surface area contributed by atoms with Crippen molar-refractivity contribution in [2.24, 2.45) is 0 Å². The Morgan fingerprint density at radius 3 is 2.25 bits per heavy atom. The molecule has 3 aromatic carbocycles. The number of benzene rings is 3. The molecule has 40 heavy (non-hydrogen) atoms. The number of carbonyl (C=O) groups is 1. The molecule has 5 rings (SSSR count). The molecule has 10 heteroatoms. The number of likely N-dealkylation sites (tertiary alicyclic amines) is 1. The number of hydrogen-bond acceptors (Lipinski definition) is 6. The van der Waals surface area contributed by atoms with Gasteiger partial charge >= 0.3 is 12.2 Å². The van der Waals surface area contributed by atoms with Crippen LogP contribution < -0.4 is 9.64 Å². The minimum Gasteiger partial charge on any atom is -0.494 e. The van der Waals surface area contributed by atoms with Gasteiger partial charge in [0, 0.05) is 49.8 Å². The normalized spacial score (nSPS) is 16.2. The second kappa shape index (κ2) is 12.4. The van der Waals surface area contributed by atoms with Crippen LogP contribution in [0.1, 0.15) is 30.9 Å². The first-order valence-electron chi connectivity index (χ1n) is 12.9. The zero-order valence-electron chi connectivity index (χ0n) is 22.2. The van der Waals surface area contributed by atoms with E-state index in [0.29, 0.717) is 63.0 Å². The fraction of sp³-hybridized carbons (Fsp3) is 0.333. The van der Waals surface area contributed by atoms with Crippen molar-refractivity contribution in [2.45, 2.75) is 38.8 Å². The maximum absolute atomic E-state index is 14.8. The van der Waals surface area contributed by atoms with Crippen molar-refractivity contribution < 1.29 is 37.0 Å². The SMILES string of the molecule is CCOc1cc(CN2CCC3(CC2)CN(c2ccccc2)C(=O)O3)c(-c2cc(F)c(F)cc2F)cc1C.O=C=O. The van der Waals surface area contributed by atoms with Crippen LogP contribution in [0.5, 0.6) is 5.75 Å². The predicted molar refractivity (Wildman–Crippen MR) is 140 cm³/mol. The molecule has 0 atom stereocenters. The van der Waals surface area contributed by atoms with Gasteiger partial charge in [0.1, 0.15) is 17.2 Å². The summed E-state index contributed by atoms with van der Waals surface area (Å²) in [6.45, 7) is 6.46. The first-order valence-corrected chi connectivity index (χ1v) is 12.9. The van der Waals surface area contributed by atoms with E-state index in [1.807, 2.05) is 50.2 Å². The Labute approximate surface area is 230 Å². The van der Waals surface area contributed by atoms with Gasteiger partial charge in [0.2, 0.25) is 0 Å². The molecule has 0 N–H and O–H groups in total. The number of rotatable bonds is 6. The van der Waals surface area contributed by atoms with Crippen molar-refractivity contribution in [3.05, 3.63) is 83.2 Å². The average molecular weight is 555 g/mol. The molecule has 0 aromatic heterocycles. The van der Waals surface area contributed by atoms with Gasteiger partial charge in [0.25, 0.3) is 0 Å². The van der Waals surface area contributed by atoms with Crippen molar-refractivity contribution in [3.8, 4) is 16.9 Å². The Bertz CT molecular complexity index is 1400. The predicted octanol–water partition coefficient (Wildman–Crippen LogP) is 5.89. The van der Waals surface area contributed by atoms with Crippen LogP contribution in [0.25, 0.3) is 11.1 Å². The van der Waals surface area contributed by atoms with Crippen LogP contribution in [0.2, 0.25) is 0 Å². The lowest BCUT2D eigenvalue weighted by Gasteiger charge is -2.37. The largest absolute Gasteiger partial charge is 0.494 e. The third-order valence-electron chi connectivity index (χ3n) is 7.20. The van der Waals surface area contributed by atoms with Crippen molar-refractivity contribution >= 4 is 17.9 Å². The molecule has 3 aromatic rings. The van der Waals surface area contributed by atoms with Crippen LogP contribution in [0.15, 0.2) is 54.6 Å². The Kier molecular flexibility index (Phi) is 8.92. The first kappa shape index (κ1) is 28.9. The number of hydrogen-bond donors (Lipinski definition) is 0. The van der Waals surface area contributed by atoms with Gasteiger partial charge in [0.15, 0.2) is 11.6 Å².